The summed E-state index contributed by atoms with van der Waals surface area (Å²) >= 11 is 0. The molecule has 4 fully saturated rings. The third-order valence-electron chi connectivity index (χ3n) is 6.43. The zero-order chi connectivity index (χ0) is 18.4. The van der Waals surface area contributed by atoms with Crippen LogP contribution in [0.15, 0.2) is 24.5 Å². The molecule has 0 spiro atoms. The standard InChI is InChI=1S/C21H28N2O3/c1-20(2,23-18(24)17-3-5-22-6-4-17)13-26-19(25)21-10-14-7-15(11-21)9-16(8-14)12-21/h3-6,14-16H,7-13H2,1-2H3,(H,23,24). The zero-order valence-corrected chi connectivity index (χ0v) is 15.7. The summed E-state index contributed by atoms with van der Waals surface area (Å²) < 4.78 is 5.76. The van der Waals surface area contributed by atoms with Crippen LogP contribution >= 0.6 is 0 Å². The Labute approximate surface area is 154 Å². The molecular formula is C21H28N2O3. The second kappa shape index (κ2) is 6.36. The number of hydrogen-bond acceptors (Lipinski definition) is 4. The molecule has 1 N–H and O–H groups in total. The molecule has 0 radical (unpaired) electrons. The second-order valence-electron chi connectivity index (χ2n) is 9.35. The van der Waals surface area contributed by atoms with Crippen molar-refractivity contribution < 1.29 is 14.3 Å². The zero-order valence-electron chi connectivity index (χ0n) is 15.7. The Hall–Kier alpha value is -1.91. The lowest BCUT2D eigenvalue weighted by Gasteiger charge is -2.55. The normalized spacial score (nSPS) is 32.3. The highest BCUT2D eigenvalue weighted by molar-refractivity contribution is 5.94. The minimum atomic E-state index is -0.613. The van der Waals surface area contributed by atoms with Crippen LogP contribution < -0.4 is 5.32 Å². The van der Waals surface area contributed by atoms with Gasteiger partial charge in [-0.2, -0.15) is 0 Å². The molecule has 5 heteroatoms. The maximum Gasteiger partial charge on any atom is 0.312 e. The number of amides is 1. The average Bonchev–Trinajstić information content (AvgIpc) is 2.59. The quantitative estimate of drug-likeness (QED) is 0.822. The topological polar surface area (TPSA) is 68.3 Å². The number of ether oxygens (including phenoxy) is 1. The molecule has 0 saturated heterocycles. The lowest BCUT2D eigenvalue weighted by Crippen LogP contribution is -2.52. The van der Waals surface area contributed by atoms with Gasteiger partial charge in [-0.25, -0.2) is 0 Å². The van der Waals surface area contributed by atoms with Gasteiger partial charge in [0.1, 0.15) is 6.61 Å². The van der Waals surface area contributed by atoms with E-state index in [-0.39, 0.29) is 23.9 Å². The van der Waals surface area contributed by atoms with E-state index >= 15 is 0 Å². The van der Waals surface area contributed by atoms with Gasteiger partial charge in [-0.1, -0.05) is 0 Å². The monoisotopic (exact) mass is 356 g/mol. The third kappa shape index (κ3) is 3.36. The molecule has 4 bridgehead atoms. The SMILES string of the molecule is CC(C)(COC(=O)C12CC3CC(CC(C3)C1)C2)NC(=O)c1ccncc1. The number of pyridine rings is 1. The Morgan fingerprint density at radius 1 is 1.12 bits per heavy atom. The number of carbonyl (C=O) groups excluding carboxylic acids is 2. The Kier molecular flexibility index (Phi) is 4.28. The number of aromatic nitrogens is 1. The first kappa shape index (κ1) is 17.5. The van der Waals surface area contributed by atoms with Gasteiger partial charge >= 0.3 is 5.97 Å². The van der Waals surface area contributed by atoms with E-state index in [9.17, 15) is 9.59 Å². The average molecular weight is 356 g/mol. The minimum absolute atomic E-state index is 0.0390. The highest BCUT2D eigenvalue weighted by Gasteiger charge is 2.55. The van der Waals surface area contributed by atoms with Crippen molar-refractivity contribution in [2.75, 3.05) is 6.61 Å². The van der Waals surface area contributed by atoms with E-state index in [1.807, 2.05) is 13.8 Å². The van der Waals surface area contributed by atoms with Gasteiger partial charge < -0.3 is 10.1 Å². The van der Waals surface area contributed by atoms with Crippen LogP contribution in [-0.2, 0) is 9.53 Å². The Morgan fingerprint density at radius 3 is 2.19 bits per heavy atom. The molecule has 5 rings (SSSR count). The van der Waals surface area contributed by atoms with E-state index in [1.54, 1.807) is 24.5 Å². The maximum atomic E-state index is 13.0. The molecule has 1 amide bonds. The van der Waals surface area contributed by atoms with Gasteiger partial charge in [0.25, 0.3) is 5.91 Å². The van der Waals surface area contributed by atoms with Gasteiger partial charge in [0, 0.05) is 18.0 Å². The van der Waals surface area contributed by atoms with Crippen molar-refractivity contribution in [1.29, 1.82) is 0 Å². The van der Waals surface area contributed by atoms with Crippen molar-refractivity contribution in [3.05, 3.63) is 30.1 Å². The van der Waals surface area contributed by atoms with Crippen molar-refractivity contribution in [3.8, 4) is 0 Å². The summed E-state index contributed by atoms with van der Waals surface area (Å²) in [5, 5.41) is 2.96. The third-order valence-corrected chi connectivity index (χ3v) is 6.43. The van der Waals surface area contributed by atoms with Gasteiger partial charge in [0.05, 0.1) is 11.0 Å². The number of rotatable bonds is 5. The molecule has 0 aromatic carbocycles. The summed E-state index contributed by atoms with van der Waals surface area (Å²) in [6.07, 6.45) is 10.1. The van der Waals surface area contributed by atoms with Crippen molar-refractivity contribution in [1.82, 2.24) is 10.3 Å². The predicted octanol–water partition coefficient (Wildman–Crippen LogP) is 3.35. The molecule has 1 aromatic heterocycles. The van der Waals surface area contributed by atoms with E-state index < -0.39 is 5.54 Å². The highest BCUT2D eigenvalue weighted by Crippen LogP contribution is 2.60. The van der Waals surface area contributed by atoms with E-state index in [1.165, 1.54) is 19.3 Å². The molecule has 0 atom stereocenters. The Morgan fingerprint density at radius 2 is 1.65 bits per heavy atom. The van der Waals surface area contributed by atoms with Gasteiger partial charge in [-0.3, -0.25) is 14.6 Å². The first-order chi connectivity index (χ1) is 12.4. The van der Waals surface area contributed by atoms with Crippen LogP contribution in [-0.4, -0.2) is 29.0 Å². The van der Waals surface area contributed by atoms with Crippen molar-refractivity contribution >= 4 is 11.9 Å². The lowest BCUT2D eigenvalue weighted by molar-refractivity contribution is -0.173. The number of hydrogen-bond donors (Lipinski definition) is 1. The number of nitrogens with one attached hydrogen (secondary N) is 1. The van der Waals surface area contributed by atoms with E-state index in [4.69, 9.17) is 4.74 Å². The molecule has 1 aromatic rings. The van der Waals surface area contributed by atoms with Crippen LogP contribution in [0.5, 0.6) is 0 Å². The molecule has 140 valence electrons. The second-order valence-corrected chi connectivity index (χ2v) is 9.35. The van der Waals surface area contributed by atoms with Crippen LogP contribution in [0.1, 0.15) is 62.7 Å². The molecular weight excluding hydrogens is 328 g/mol. The summed E-state index contributed by atoms with van der Waals surface area (Å²) in [4.78, 5) is 29.2. The number of esters is 1. The lowest BCUT2D eigenvalue weighted by atomic mass is 9.49. The fourth-order valence-corrected chi connectivity index (χ4v) is 5.68. The molecule has 1 heterocycles. The summed E-state index contributed by atoms with van der Waals surface area (Å²) in [5.41, 5.74) is -0.307. The van der Waals surface area contributed by atoms with E-state index in [0.717, 1.165) is 19.3 Å². The first-order valence-corrected chi connectivity index (χ1v) is 9.75. The molecule has 4 aliphatic carbocycles. The largest absolute Gasteiger partial charge is 0.463 e. The van der Waals surface area contributed by atoms with Crippen LogP contribution in [0, 0.1) is 23.2 Å². The molecule has 0 unspecified atom stereocenters. The highest BCUT2D eigenvalue weighted by atomic mass is 16.5. The summed E-state index contributed by atoms with van der Waals surface area (Å²) in [6.45, 7) is 3.97. The summed E-state index contributed by atoms with van der Waals surface area (Å²) in [6, 6.07) is 3.35. The van der Waals surface area contributed by atoms with Crippen LogP contribution in [0.3, 0.4) is 0 Å². The molecule has 0 aliphatic heterocycles. The predicted molar refractivity (Wildman–Crippen MR) is 97.3 cm³/mol. The Balaban J connectivity index is 1.36. The summed E-state index contributed by atoms with van der Waals surface area (Å²) in [5.74, 6) is 1.93. The van der Waals surface area contributed by atoms with Crippen molar-refractivity contribution in [2.24, 2.45) is 23.2 Å². The van der Waals surface area contributed by atoms with Crippen LogP contribution in [0.2, 0.25) is 0 Å². The molecule has 26 heavy (non-hydrogen) atoms. The first-order valence-electron chi connectivity index (χ1n) is 9.75. The fourth-order valence-electron chi connectivity index (χ4n) is 5.68. The van der Waals surface area contributed by atoms with Crippen LogP contribution in [0.25, 0.3) is 0 Å². The van der Waals surface area contributed by atoms with Gasteiger partial charge in [-0.05, 0) is 82.3 Å². The van der Waals surface area contributed by atoms with Gasteiger partial charge in [0.15, 0.2) is 0 Å². The van der Waals surface area contributed by atoms with Gasteiger partial charge in [-0.15, -0.1) is 0 Å². The van der Waals surface area contributed by atoms with Crippen molar-refractivity contribution in [3.63, 3.8) is 0 Å². The number of nitrogens with zero attached hydrogens (tertiary/aromatic N) is 1. The Bertz CT molecular complexity index is 663. The van der Waals surface area contributed by atoms with Crippen molar-refractivity contribution in [2.45, 2.75) is 57.9 Å². The van der Waals surface area contributed by atoms with Gasteiger partial charge in [0.2, 0.25) is 0 Å². The van der Waals surface area contributed by atoms with E-state index in [0.29, 0.717) is 23.3 Å². The minimum Gasteiger partial charge on any atom is -0.463 e. The molecule has 5 nitrogen and oxygen atoms in total. The fraction of sp³-hybridized carbons (Fsp3) is 0.667. The molecule has 4 saturated carbocycles. The van der Waals surface area contributed by atoms with Crippen LogP contribution in [0.4, 0.5) is 0 Å². The maximum absolute atomic E-state index is 13.0. The smallest absolute Gasteiger partial charge is 0.312 e. The summed E-state index contributed by atoms with van der Waals surface area (Å²) in [7, 11) is 0. The number of carbonyl (C=O) groups is 2. The van der Waals surface area contributed by atoms with E-state index in [2.05, 4.69) is 10.3 Å². The molecule has 4 aliphatic rings.